The van der Waals surface area contributed by atoms with Crippen LogP contribution >= 0.6 is 11.6 Å². The molecule has 1 rings (SSSR count). The molecule has 0 aliphatic carbocycles. The first-order valence-corrected chi connectivity index (χ1v) is 5.17. The van der Waals surface area contributed by atoms with Crippen molar-refractivity contribution in [3.63, 3.8) is 0 Å². The Morgan fingerprint density at radius 1 is 1.62 bits per heavy atom. The van der Waals surface area contributed by atoms with Crippen molar-refractivity contribution in [2.24, 2.45) is 0 Å². The van der Waals surface area contributed by atoms with Gasteiger partial charge in [0, 0.05) is 7.11 Å². The van der Waals surface area contributed by atoms with Crippen molar-refractivity contribution in [1.29, 1.82) is 0 Å². The van der Waals surface area contributed by atoms with E-state index in [1.54, 1.807) is 20.8 Å². The Morgan fingerprint density at radius 2 is 2.19 bits per heavy atom. The quantitative estimate of drug-likeness (QED) is 0.877. The summed E-state index contributed by atoms with van der Waals surface area (Å²) in [6.07, 6.45) is 0. The molecule has 0 radical (unpaired) electrons. The number of hydrogen-bond donors (Lipinski definition) is 1. The molecule has 0 aliphatic heterocycles. The predicted molar refractivity (Wildman–Crippen MR) is 59.9 cm³/mol. The number of carboxylic acids is 1. The Hall–Kier alpha value is -1.07. The summed E-state index contributed by atoms with van der Waals surface area (Å²) in [6.45, 7) is 5.05. The summed E-state index contributed by atoms with van der Waals surface area (Å²) in [5.74, 6) is -1.00. The molecule has 0 fully saturated rings. The van der Waals surface area contributed by atoms with Gasteiger partial charge in [-0.1, -0.05) is 11.6 Å². The lowest BCUT2D eigenvalue weighted by Crippen LogP contribution is -2.44. The second-order valence-corrected chi connectivity index (χ2v) is 4.29. The number of aromatic nitrogens is 2. The van der Waals surface area contributed by atoms with Crippen LogP contribution in [-0.4, -0.2) is 34.6 Å². The van der Waals surface area contributed by atoms with Gasteiger partial charge in [0.25, 0.3) is 0 Å². The van der Waals surface area contributed by atoms with Gasteiger partial charge in [-0.15, -0.1) is 0 Å². The van der Waals surface area contributed by atoms with E-state index in [1.807, 2.05) is 0 Å². The molecule has 90 valence electrons. The number of hydrogen-bond acceptors (Lipinski definition) is 3. The average Bonchev–Trinajstić information content (AvgIpc) is 2.46. The Kier molecular flexibility index (Phi) is 3.60. The van der Waals surface area contributed by atoms with Crippen LogP contribution in [0.25, 0.3) is 0 Å². The summed E-state index contributed by atoms with van der Waals surface area (Å²) < 4.78 is 6.34. The minimum atomic E-state index is -1.24. The number of ether oxygens (including phenoxy) is 1. The Balaban J connectivity index is 3.32. The zero-order valence-corrected chi connectivity index (χ0v) is 10.5. The van der Waals surface area contributed by atoms with Crippen LogP contribution in [0.2, 0.25) is 5.02 Å². The third-order valence-corrected chi connectivity index (χ3v) is 3.10. The summed E-state index contributed by atoms with van der Waals surface area (Å²) in [5, 5.41) is 13.9. The molecule has 0 aliphatic rings. The number of methoxy groups -OCH3 is 1. The molecular weight excluding hydrogens is 232 g/mol. The second-order valence-electron chi connectivity index (χ2n) is 3.91. The first-order chi connectivity index (χ1) is 7.34. The van der Waals surface area contributed by atoms with Gasteiger partial charge < -0.3 is 9.84 Å². The van der Waals surface area contributed by atoms with Crippen LogP contribution in [0.3, 0.4) is 0 Å². The maximum atomic E-state index is 11.3. The van der Waals surface area contributed by atoms with Gasteiger partial charge in [-0.2, -0.15) is 5.10 Å². The topological polar surface area (TPSA) is 64.3 Å². The number of halogens is 1. The number of carbonyl (C=O) groups is 1. The van der Waals surface area contributed by atoms with Crippen LogP contribution in [-0.2, 0) is 15.1 Å². The van der Waals surface area contributed by atoms with Crippen molar-refractivity contribution in [2.75, 3.05) is 13.7 Å². The van der Waals surface area contributed by atoms with E-state index in [1.165, 1.54) is 11.8 Å². The standard InChI is InChI=1S/C10H15ClN2O3/c1-6-8(11)7(2)13(12-6)10(3,5-16-4)9(14)15/h5H2,1-4H3,(H,14,15). The maximum absolute atomic E-state index is 11.3. The van der Waals surface area contributed by atoms with Crippen molar-refractivity contribution < 1.29 is 14.6 Å². The summed E-state index contributed by atoms with van der Waals surface area (Å²) in [7, 11) is 1.45. The summed E-state index contributed by atoms with van der Waals surface area (Å²) in [4.78, 5) is 11.3. The number of nitrogens with zero attached hydrogens (tertiary/aromatic N) is 2. The van der Waals surface area contributed by atoms with E-state index in [4.69, 9.17) is 16.3 Å². The Labute approximate surface area is 99.0 Å². The first-order valence-electron chi connectivity index (χ1n) is 4.79. The smallest absolute Gasteiger partial charge is 0.333 e. The lowest BCUT2D eigenvalue weighted by molar-refractivity contribution is -0.150. The highest BCUT2D eigenvalue weighted by molar-refractivity contribution is 6.31. The fourth-order valence-electron chi connectivity index (χ4n) is 1.60. The second kappa shape index (κ2) is 4.43. The van der Waals surface area contributed by atoms with Crippen LogP contribution in [0.1, 0.15) is 18.3 Å². The number of aliphatic carboxylic acids is 1. The fraction of sp³-hybridized carbons (Fsp3) is 0.600. The van der Waals surface area contributed by atoms with Crippen LogP contribution in [0.4, 0.5) is 0 Å². The zero-order chi connectivity index (χ0) is 12.5. The van der Waals surface area contributed by atoms with E-state index in [0.29, 0.717) is 16.4 Å². The molecule has 1 N–H and O–H groups in total. The highest BCUT2D eigenvalue weighted by atomic mass is 35.5. The van der Waals surface area contributed by atoms with Crippen molar-refractivity contribution in [2.45, 2.75) is 26.3 Å². The van der Waals surface area contributed by atoms with Crippen molar-refractivity contribution in [1.82, 2.24) is 9.78 Å². The SMILES string of the molecule is COCC(C)(C(=O)O)n1nc(C)c(Cl)c1C. The molecule has 1 unspecified atom stereocenters. The molecule has 6 heteroatoms. The normalized spacial score (nSPS) is 14.8. The van der Waals surface area contributed by atoms with Crippen molar-refractivity contribution in [3.8, 4) is 0 Å². The van der Waals surface area contributed by atoms with E-state index in [9.17, 15) is 9.90 Å². The summed E-state index contributed by atoms with van der Waals surface area (Å²) in [5.41, 5.74) is 0.000335. The first kappa shape index (κ1) is 13.0. The average molecular weight is 247 g/mol. The van der Waals surface area contributed by atoms with Gasteiger partial charge in [0.15, 0.2) is 5.54 Å². The third kappa shape index (κ3) is 1.92. The third-order valence-electron chi connectivity index (χ3n) is 2.56. The molecule has 1 heterocycles. The predicted octanol–water partition coefficient (Wildman–Crippen LogP) is 1.60. The van der Waals surface area contributed by atoms with Crippen LogP contribution in [0.15, 0.2) is 0 Å². The maximum Gasteiger partial charge on any atom is 0.333 e. The Bertz CT molecular complexity index is 416. The minimum Gasteiger partial charge on any atom is -0.479 e. The van der Waals surface area contributed by atoms with Gasteiger partial charge >= 0.3 is 5.97 Å². The molecule has 0 saturated carbocycles. The van der Waals surface area contributed by atoms with Gasteiger partial charge in [0.2, 0.25) is 0 Å². The molecule has 16 heavy (non-hydrogen) atoms. The van der Waals surface area contributed by atoms with Gasteiger partial charge in [0.1, 0.15) is 0 Å². The van der Waals surface area contributed by atoms with Gasteiger partial charge in [-0.3, -0.25) is 0 Å². The van der Waals surface area contributed by atoms with E-state index >= 15 is 0 Å². The molecule has 0 aromatic carbocycles. The number of rotatable bonds is 4. The van der Waals surface area contributed by atoms with Crippen LogP contribution < -0.4 is 0 Å². The van der Waals surface area contributed by atoms with Gasteiger partial charge in [-0.05, 0) is 20.8 Å². The highest BCUT2D eigenvalue weighted by Gasteiger charge is 2.38. The van der Waals surface area contributed by atoms with Crippen molar-refractivity contribution >= 4 is 17.6 Å². The van der Waals surface area contributed by atoms with Gasteiger partial charge in [0.05, 0.1) is 23.0 Å². The minimum absolute atomic E-state index is 0.0284. The molecule has 0 spiro atoms. The molecule has 1 aromatic heterocycles. The van der Waals surface area contributed by atoms with Crippen LogP contribution in [0.5, 0.6) is 0 Å². The molecule has 1 aromatic rings. The molecule has 5 nitrogen and oxygen atoms in total. The lowest BCUT2D eigenvalue weighted by Gasteiger charge is -2.25. The Morgan fingerprint density at radius 3 is 2.50 bits per heavy atom. The van der Waals surface area contributed by atoms with E-state index in [2.05, 4.69) is 5.10 Å². The zero-order valence-electron chi connectivity index (χ0n) is 9.74. The lowest BCUT2D eigenvalue weighted by atomic mass is 10.0. The van der Waals surface area contributed by atoms with Crippen molar-refractivity contribution in [3.05, 3.63) is 16.4 Å². The number of carboxylic acid groups (broad SMARTS) is 1. The fourth-order valence-corrected chi connectivity index (χ4v) is 1.72. The molecule has 0 bridgehead atoms. The van der Waals surface area contributed by atoms with E-state index in [0.717, 1.165) is 0 Å². The molecule has 0 amide bonds. The molecule has 1 atom stereocenters. The van der Waals surface area contributed by atoms with Gasteiger partial charge in [-0.25, -0.2) is 9.48 Å². The highest BCUT2D eigenvalue weighted by Crippen LogP contribution is 2.26. The summed E-state index contributed by atoms with van der Waals surface area (Å²) >= 11 is 5.99. The largest absolute Gasteiger partial charge is 0.479 e. The number of aryl methyl sites for hydroxylation is 1. The summed E-state index contributed by atoms with van der Waals surface area (Å²) in [6, 6.07) is 0. The van der Waals surface area contributed by atoms with Crippen LogP contribution in [0, 0.1) is 13.8 Å². The van der Waals surface area contributed by atoms with E-state index < -0.39 is 11.5 Å². The molecular formula is C10H15ClN2O3. The van der Waals surface area contributed by atoms with E-state index in [-0.39, 0.29) is 6.61 Å². The molecule has 0 saturated heterocycles. The monoisotopic (exact) mass is 246 g/mol.